The van der Waals surface area contributed by atoms with Gasteiger partial charge in [0.05, 0.1) is 5.69 Å². The van der Waals surface area contributed by atoms with Crippen molar-refractivity contribution in [2.75, 3.05) is 18.0 Å². The maximum atomic E-state index is 12.2. The Hall–Kier alpha value is -2.51. The minimum Gasteiger partial charge on any atom is -0.444 e. The molecule has 0 unspecified atom stereocenters. The van der Waals surface area contributed by atoms with E-state index in [-0.39, 0.29) is 11.7 Å². The zero-order valence-electron chi connectivity index (χ0n) is 16.8. The normalized spacial score (nSPS) is 18.0. The Bertz CT molecular complexity index is 893. The first-order valence-electron chi connectivity index (χ1n) is 9.52. The summed E-state index contributed by atoms with van der Waals surface area (Å²) in [6.45, 7) is 11.5. The first kappa shape index (κ1) is 19.3. The van der Waals surface area contributed by atoms with Crippen LogP contribution in [0.25, 0.3) is 11.2 Å². The number of nitrogens with one attached hydrogen (secondary N) is 2. The van der Waals surface area contributed by atoms with E-state index in [1.165, 1.54) is 0 Å². The number of pyridine rings is 1. The second-order valence-corrected chi connectivity index (χ2v) is 8.09. The van der Waals surface area contributed by atoms with Crippen LogP contribution in [-0.4, -0.2) is 45.4 Å². The number of ether oxygens (including phenoxy) is 1. The Morgan fingerprint density at radius 3 is 2.85 bits per heavy atom. The largest absolute Gasteiger partial charge is 0.444 e. The summed E-state index contributed by atoms with van der Waals surface area (Å²) in [5, 5.41) is 2.97. The number of carbonyl (C=O) groups excluding carboxylic acids is 1. The number of imidazole rings is 1. The fourth-order valence-electron chi connectivity index (χ4n) is 3.56. The number of aryl methyl sites for hydroxylation is 2. The number of rotatable bonds is 3. The molecule has 27 heavy (non-hydrogen) atoms. The minimum atomic E-state index is -0.518. The lowest BCUT2D eigenvalue weighted by molar-refractivity contribution is 0.0500. The second-order valence-electron chi connectivity index (χ2n) is 8.09. The molecule has 2 aromatic heterocycles. The van der Waals surface area contributed by atoms with Crippen LogP contribution in [0.1, 0.15) is 46.2 Å². The summed E-state index contributed by atoms with van der Waals surface area (Å²) in [4.78, 5) is 34.0. The van der Waals surface area contributed by atoms with Crippen LogP contribution in [0.2, 0.25) is 0 Å². The van der Waals surface area contributed by atoms with E-state index in [0.717, 1.165) is 36.3 Å². The molecule has 8 nitrogen and oxygen atoms in total. The summed E-state index contributed by atoms with van der Waals surface area (Å²) in [7, 11) is 0. The van der Waals surface area contributed by atoms with Crippen LogP contribution in [0, 0.1) is 6.92 Å². The van der Waals surface area contributed by atoms with Crippen molar-refractivity contribution in [3.8, 4) is 0 Å². The molecular weight excluding hydrogens is 346 g/mol. The monoisotopic (exact) mass is 375 g/mol. The molecule has 1 saturated heterocycles. The summed E-state index contributed by atoms with van der Waals surface area (Å²) in [6.07, 6.45) is 1.45. The maximum Gasteiger partial charge on any atom is 0.407 e. The number of hydrogen-bond acceptors (Lipinski definition) is 5. The molecule has 0 bridgehead atoms. The van der Waals surface area contributed by atoms with Gasteiger partial charge in [-0.05, 0) is 53.5 Å². The van der Waals surface area contributed by atoms with Crippen LogP contribution < -0.4 is 15.9 Å². The van der Waals surface area contributed by atoms with E-state index in [2.05, 4.69) is 20.2 Å². The molecule has 1 fully saturated rings. The van der Waals surface area contributed by atoms with Gasteiger partial charge in [-0.3, -0.25) is 4.57 Å². The van der Waals surface area contributed by atoms with Gasteiger partial charge in [-0.15, -0.1) is 0 Å². The highest BCUT2D eigenvalue weighted by molar-refractivity contribution is 5.86. The third kappa shape index (κ3) is 4.26. The molecule has 0 aliphatic carbocycles. The van der Waals surface area contributed by atoms with Crippen LogP contribution >= 0.6 is 0 Å². The van der Waals surface area contributed by atoms with Crippen molar-refractivity contribution in [1.82, 2.24) is 19.9 Å². The Kier molecular flexibility index (Phi) is 5.17. The van der Waals surface area contributed by atoms with Crippen LogP contribution in [-0.2, 0) is 11.3 Å². The summed E-state index contributed by atoms with van der Waals surface area (Å²) < 4.78 is 7.02. The molecule has 0 spiro atoms. The van der Waals surface area contributed by atoms with Gasteiger partial charge in [0, 0.05) is 31.4 Å². The summed E-state index contributed by atoms with van der Waals surface area (Å²) in [5.41, 5.74) is 2.59. The average Bonchev–Trinajstić information content (AvgIpc) is 2.87. The summed E-state index contributed by atoms with van der Waals surface area (Å²) >= 11 is 0. The predicted molar refractivity (Wildman–Crippen MR) is 105 cm³/mol. The van der Waals surface area contributed by atoms with Crippen LogP contribution in [0.5, 0.6) is 0 Å². The van der Waals surface area contributed by atoms with E-state index < -0.39 is 11.7 Å². The number of carbonyl (C=O) groups is 1. The quantitative estimate of drug-likeness (QED) is 0.860. The first-order valence-corrected chi connectivity index (χ1v) is 9.52. The molecule has 1 aliphatic heterocycles. The lowest BCUT2D eigenvalue weighted by Crippen LogP contribution is -2.49. The summed E-state index contributed by atoms with van der Waals surface area (Å²) in [5.74, 6) is 0. The molecule has 3 heterocycles. The van der Waals surface area contributed by atoms with E-state index in [1.807, 2.05) is 40.7 Å². The number of aromatic amines is 1. The molecule has 1 amide bonds. The number of hydrogen-bond donors (Lipinski definition) is 2. The minimum absolute atomic E-state index is 0.00268. The summed E-state index contributed by atoms with van der Waals surface area (Å²) in [6, 6.07) is 1.99. The van der Waals surface area contributed by atoms with Gasteiger partial charge in [0.2, 0.25) is 0 Å². The van der Waals surface area contributed by atoms with E-state index >= 15 is 0 Å². The molecule has 0 radical (unpaired) electrons. The molecule has 148 valence electrons. The molecule has 3 rings (SSSR count). The average molecular weight is 375 g/mol. The highest BCUT2D eigenvalue weighted by Gasteiger charge is 2.26. The molecule has 1 atom stereocenters. The predicted octanol–water partition coefficient (Wildman–Crippen LogP) is 2.55. The number of H-pyrrole nitrogens is 1. The second kappa shape index (κ2) is 7.25. The smallest absolute Gasteiger partial charge is 0.407 e. The topological polar surface area (TPSA) is 92.2 Å². The highest BCUT2D eigenvalue weighted by Crippen LogP contribution is 2.27. The Labute approximate surface area is 158 Å². The Morgan fingerprint density at radius 2 is 2.19 bits per heavy atom. The standard InChI is InChI=1S/C19H29N5O3/c1-6-24-16-15(22-17(24)25)14(10-12(2)20-16)23-9-7-8-13(11-23)21-18(26)27-19(3,4)5/h10,13H,6-9,11H2,1-5H3,(H,21,26)(H,22,25)/t13-/m1/s1. The number of aromatic nitrogens is 3. The van der Waals surface area contributed by atoms with Crippen LogP contribution in [0.4, 0.5) is 10.5 Å². The van der Waals surface area contributed by atoms with Gasteiger partial charge in [-0.1, -0.05) is 0 Å². The SMILES string of the molecule is CCn1c(=O)[nH]c2c(N3CCC[C@@H](NC(=O)OC(C)(C)C)C3)cc(C)nc21. The van der Waals surface area contributed by atoms with E-state index in [4.69, 9.17) is 4.74 Å². The molecule has 2 N–H and O–H groups in total. The number of alkyl carbamates (subject to hydrolysis) is 1. The first-order chi connectivity index (χ1) is 12.7. The zero-order chi connectivity index (χ0) is 19.8. The van der Waals surface area contributed by atoms with E-state index in [9.17, 15) is 9.59 Å². The van der Waals surface area contributed by atoms with Crippen molar-refractivity contribution in [3.05, 3.63) is 22.2 Å². The van der Waals surface area contributed by atoms with Gasteiger partial charge >= 0.3 is 11.8 Å². The van der Waals surface area contributed by atoms with Crippen molar-refractivity contribution in [1.29, 1.82) is 0 Å². The van der Waals surface area contributed by atoms with Gasteiger partial charge in [0.15, 0.2) is 5.65 Å². The zero-order valence-corrected chi connectivity index (χ0v) is 16.8. The third-order valence-corrected chi connectivity index (χ3v) is 4.64. The van der Waals surface area contributed by atoms with Crippen LogP contribution in [0.3, 0.4) is 0 Å². The van der Waals surface area contributed by atoms with Gasteiger partial charge < -0.3 is 19.9 Å². The van der Waals surface area contributed by atoms with Crippen molar-refractivity contribution in [3.63, 3.8) is 0 Å². The lowest BCUT2D eigenvalue weighted by atomic mass is 10.0. The van der Waals surface area contributed by atoms with Crippen molar-refractivity contribution in [2.45, 2.75) is 65.6 Å². The Morgan fingerprint density at radius 1 is 1.44 bits per heavy atom. The molecule has 2 aromatic rings. The van der Waals surface area contributed by atoms with Crippen molar-refractivity contribution < 1.29 is 9.53 Å². The lowest BCUT2D eigenvalue weighted by Gasteiger charge is -2.35. The number of fused-ring (bicyclic) bond motifs is 1. The molecular formula is C19H29N5O3. The molecule has 0 saturated carbocycles. The number of anilines is 1. The molecule has 0 aromatic carbocycles. The van der Waals surface area contributed by atoms with Gasteiger partial charge in [0.1, 0.15) is 11.1 Å². The number of amides is 1. The van der Waals surface area contributed by atoms with E-state index in [0.29, 0.717) is 18.7 Å². The van der Waals surface area contributed by atoms with E-state index in [1.54, 1.807) is 4.57 Å². The third-order valence-electron chi connectivity index (χ3n) is 4.64. The van der Waals surface area contributed by atoms with Crippen molar-refractivity contribution >= 4 is 22.9 Å². The van der Waals surface area contributed by atoms with Gasteiger partial charge in [-0.2, -0.15) is 0 Å². The Balaban J connectivity index is 1.84. The van der Waals surface area contributed by atoms with Crippen molar-refractivity contribution in [2.24, 2.45) is 0 Å². The maximum absolute atomic E-state index is 12.2. The highest BCUT2D eigenvalue weighted by atomic mass is 16.6. The fourth-order valence-corrected chi connectivity index (χ4v) is 3.56. The van der Waals surface area contributed by atoms with Crippen LogP contribution in [0.15, 0.2) is 10.9 Å². The van der Waals surface area contributed by atoms with Gasteiger partial charge in [-0.25, -0.2) is 14.6 Å². The number of nitrogens with zero attached hydrogens (tertiary/aromatic N) is 3. The molecule has 1 aliphatic rings. The number of piperidine rings is 1. The van der Waals surface area contributed by atoms with Gasteiger partial charge in [0.25, 0.3) is 0 Å². The fraction of sp³-hybridized carbons (Fsp3) is 0.632. The molecule has 8 heteroatoms.